The van der Waals surface area contributed by atoms with Gasteiger partial charge in [0.25, 0.3) is 5.91 Å². The van der Waals surface area contributed by atoms with Gasteiger partial charge in [-0.2, -0.15) is 0 Å². The largest absolute Gasteiger partial charge is 0.493 e. The summed E-state index contributed by atoms with van der Waals surface area (Å²) in [5, 5.41) is 6.04. The predicted octanol–water partition coefficient (Wildman–Crippen LogP) is 3.37. The van der Waals surface area contributed by atoms with Gasteiger partial charge in [0.1, 0.15) is 0 Å². The van der Waals surface area contributed by atoms with E-state index in [2.05, 4.69) is 15.5 Å². The van der Waals surface area contributed by atoms with E-state index in [0.29, 0.717) is 23.5 Å². The fourth-order valence-corrected chi connectivity index (χ4v) is 4.59. The molecule has 2 aromatic rings. The summed E-state index contributed by atoms with van der Waals surface area (Å²) in [6.45, 7) is 1.69. The molecule has 7 heteroatoms. The highest BCUT2D eigenvalue weighted by molar-refractivity contribution is 6.04. The molecule has 1 fully saturated rings. The van der Waals surface area contributed by atoms with Gasteiger partial charge >= 0.3 is 0 Å². The zero-order valence-corrected chi connectivity index (χ0v) is 18.8. The van der Waals surface area contributed by atoms with E-state index in [1.165, 1.54) is 5.56 Å². The number of fused-ring (bicyclic) bond motifs is 1. The fraction of sp³-hybridized carbons (Fsp3) is 0.440. The van der Waals surface area contributed by atoms with Crippen LogP contribution in [0, 0.1) is 0 Å². The van der Waals surface area contributed by atoms with Gasteiger partial charge in [-0.05, 0) is 54.7 Å². The van der Waals surface area contributed by atoms with Crippen LogP contribution in [0.25, 0.3) is 0 Å². The summed E-state index contributed by atoms with van der Waals surface area (Å²) in [5.74, 6) is 1.17. The van der Waals surface area contributed by atoms with E-state index >= 15 is 0 Å². The average molecular weight is 438 g/mol. The molecule has 1 aliphatic heterocycles. The van der Waals surface area contributed by atoms with Crippen molar-refractivity contribution in [1.82, 2.24) is 10.2 Å². The summed E-state index contributed by atoms with van der Waals surface area (Å²) >= 11 is 0. The minimum Gasteiger partial charge on any atom is -0.493 e. The first kappa shape index (κ1) is 22.1. The number of hydrogen-bond donors (Lipinski definition) is 2. The zero-order chi connectivity index (χ0) is 22.5. The van der Waals surface area contributed by atoms with E-state index in [9.17, 15) is 9.59 Å². The highest BCUT2D eigenvalue weighted by atomic mass is 16.5. The normalized spacial score (nSPS) is 16.3. The molecule has 2 amide bonds. The van der Waals surface area contributed by atoms with Gasteiger partial charge < -0.3 is 20.1 Å². The number of hydrogen-bond acceptors (Lipinski definition) is 5. The lowest BCUT2D eigenvalue weighted by Crippen LogP contribution is -2.37. The molecule has 0 bridgehead atoms. The molecule has 0 saturated heterocycles. The van der Waals surface area contributed by atoms with E-state index in [4.69, 9.17) is 9.47 Å². The summed E-state index contributed by atoms with van der Waals surface area (Å²) in [4.78, 5) is 27.7. The molecule has 0 unspecified atom stereocenters. The van der Waals surface area contributed by atoms with Crippen LogP contribution in [0.2, 0.25) is 0 Å². The smallest absolute Gasteiger partial charge is 0.253 e. The van der Waals surface area contributed by atoms with Gasteiger partial charge in [-0.1, -0.05) is 25.0 Å². The first-order valence-electron chi connectivity index (χ1n) is 11.2. The van der Waals surface area contributed by atoms with E-state index in [0.717, 1.165) is 50.0 Å². The van der Waals surface area contributed by atoms with Crippen molar-refractivity contribution in [3.05, 3.63) is 53.1 Å². The van der Waals surface area contributed by atoms with E-state index in [1.54, 1.807) is 26.4 Å². The Morgan fingerprint density at radius 3 is 2.44 bits per heavy atom. The molecule has 170 valence electrons. The number of anilines is 1. The Bertz CT molecular complexity index is 985. The van der Waals surface area contributed by atoms with Gasteiger partial charge in [-0.15, -0.1) is 0 Å². The second-order valence-electron chi connectivity index (χ2n) is 8.49. The predicted molar refractivity (Wildman–Crippen MR) is 123 cm³/mol. The molecule has 0 radical (unpaired) electrons. The molecule has 32 heavy (non-hydrogen) atoms. The lowest BCUT2D eigenvalue weighted by atomic mass is 9.99. The van der Waals surface area contributed by atoms with Crippen molar-refractivity contribution in [3.8, 4) is 11.5 Å². The molecule has 0 spiro atoms. The number of ether oxygens (including phenoxy) is 2. The number of methoxy groups -OCH3 is 2. The molecule has 0 atom stereocenters. The Morgan fingerprint density at radius 2 is 1.72 bits per heavy atom. The number of rotatable bonds is 7. The average Bonchev–Trinajstić information content (AvgIpc) is 3.31. The lowest BCUT2D eigenvalue weighted by molar-refractivity contribution is -0.117. The molecule has 0 aromatic heterocycles. The maximum Gasteiger partial charge on any atom is 0.253 e. The lowest BCUT2D eigenvalue weighted by Gasteiger charge is -2.29. The van der Waals surface area contributed by atoms with Gasteiger partial charge in [-0.3, -0.25) is 14.5 Å². The molecule has 1 saturated carbocycles. The molecule has 2 N–H and O–H groups in total. The monoisotopic (exact) mass is 437 g/mol. The van der Waals surface area contributed by atoms with Crippen LogP contribution in [0.3, 0.4) is 0 Å². The number of nitrogens with one attached hydrogen (secondary N) is 2. The molecular formula is C25H31N3O4. The van der Waals surface area contributed by atoms with Crippen LogP contribution in [-0.2, 0) is 17.8 Å². The Hall–Kier alpha value is -3.06. The molecule has 2 aromatic carbocycles. The maximum atomic E-state index is 12.8. The van der Waals surface area contributed by atoms with Gasteiger partial charge in [0, 0.05) is 19.1 Å². The van der Waals surface area contributed by atoms with Crippen molar-refractivity contribution in [2.24, 2.45) is 0 Å². The minimum absolute atomic E-state index is 0.124. The maximum absolute atomic E-state index is 12.8. The highest BCUT2D eigenvalue weighted by Crippen LogP contribution is 2.33. The Kier molecular flexibility index (Phi) is 6.95. The third-order valence-electron chi connectivity index (χ3n) is 6.30. The number of benzene rings is 2. The summed E-state index contributed by atoms with van der Waals surface area (Å²) < 4.78 is 10.8. The fourth-order valence-electron chi connectivity index (χ4n) is 4.59. The Morgan fingerprint density at radius 1 is 1.03 bits per heavy atom. The van der Waals surface area contributed by atoms with E-state index in [-0.39, 0.29) is 24.4 Å². The minimum atomic E-state index is -0.130. The second kappa shape index (κ2) is 10.0. The van der Waals surface area contributed by atoms with Crippen LogP contribution < -0.4 is 20.1 Å². The van der Waals surface area contributed by atoms with Crippen molar-refractivity contribution in [1.29, 1.82) is 0 Å². The van der Waals surface area contributed by atoms with Crippen LogP contribution in [0.15, 0.2) is 36.4 Å². The van der Waals surface area contributed by atoms with Gasteiger partial charge in [0.15, 0.2) is 11.5 Å². The van der Waals surface area contributed by atoms with Crippen molar-refractivity contribution in [2.45, 2.75) is 44.7 Å². The van der Waals surface area contributed by atoms with E-state index in [1.807, 2.05) is 24.3 Å². The third kappa shape index (κ3) is 5.05. The van der Waals surface area contributed by atoms with Crippen LogP contribution in [-0.4, -0.2) is 50.1 Å². The van der Waals surface area contributed by atoms with Crippen molar-refractivity contribution < 1.29 is 19.1 Å². The van der Waals surface area contributed by atoms with Crippen LogP contribution in [0.1, 0.15) is 47.2 Å². The SMILES string of the molecule is COc1cc2c(cc1OC)CN(CC(=O)Nc1ccccc1C(=O)NC1CCCC1)CC2. The van der Waals surface area contributed by atoms with Gasteiger partial charge in [-0.25, -0.2) is 0 Å². The summed E-state index contributed by atoms with van der Waals surface area (Å²) in [6, 6.07) is 11.4. The van der Waals surface area contributed by atoms with Crippen LogP contribution >= 0.6 is 0 Å². The topological polar surface area (TPSA) is 79.9 Å². The van der Waals surface area contributed by atoms with Gasteiger partial charge in [0.05, 0.1) is 32.0 Å². The third-order valence-corrected chi connectivity index (χ3v) is 6.30. The van der Waals surface area contributed by atoms with Crippen LogP contribution in [0.4, 0.5) is 5.69 Å². The van der Waals surface area contributed by atoms with Crippen LogP contribution in [0.5, 0.6) is 11.5 Å². The molecule has 2 aliphatic rings. The number of nitrogens with zero attached hydrogens (tertiary/aromatic N) is 1. The van der Waals surface area contributed by atoms with Gasteiger partial charge in [0.2, 0.25) is 5.91 Å². The Labute approximate surface area is 189 Å². The van der Waals surface area contributed by atoms with Crippen molar-refractivity contribution in [3.63, 3.8) is 0 Å². The molecule has 7 nitrogen and oxygen atoms in total. The Balaban J connectivity index is 1.39. The first-order chi connectivity index (χ1) is 15.6. The number of amides is 2. The van der Waals surface area contributed by atoms with Crippen molar-refractivity contribution in [2.75, 3.05) is 32.6 Å². The highest BCUT2D eigenvalue weighted by Gasteiger charge is 2.23. The molecule has 1 heterocycles. The summed E-state index contributed by atoms with van der Waals surface area (Å²) in [6.07, 6.45) is 5.19. The quantitative estimate of drug-likeness (QED) is 0.694. The second-order valence-corrected chi connectivity index (χ2v) is 8.49. The number of para-hydroxylation sites is 1. The molecular weight excluding hydrogens is 406 g/mol. The number of carbonyl (C=O) groups is 2. The summed E-state index contributed by atoms with van der Waals surface area (Å²) in [5.41, 5.74) is 3.41. The number of carbonyl (C=O) groups excluding carboxylic acids is 2. The first-order valence-corrected chi connectivity index (χ1v) is 11.2. The van der Waals surface area contributed by atoms with E-state index < -0.39 is 0 Å². The molecule has 1 aliphatic carbocycles. The standard InChI is InChI=1S/C25H31N3O4/c1-31-22-13-17-11-12-28(15-18(17)14-23(22)32-2)16-24(29)27-21-10-6-5-9-20(21)25(30)26-19-7-3-4-8-19/h5-6,9-10,13-14,19H,3-4,7-8,11-12,15-16H2,1-2H3,(H,26,30)(H,27,29). The molecule has 4 rings (SSSR count). The summed E-state index contributed by atoms with van der Waals surface area (Å²) in [7, 11) is 3.26. The van der Waals surface area contributed by atoms with Crippen molar-refractivity contribution >= 4 is 17.5 Å². The zero-order valence-electron chi connectivity index (χ0n) is 18.8.